The number of rotatable bonds is 3. The van der Waals surface area contributed by atoms with E-state index in [0.29, 0.717) is 5.75 Å². The summed E-state index contributed by atoms with van der Waals surface area (Å²) in [6, 6.07) is 15.3. The van der Waals surface area contributed by atoms with Crippen LogP contribution in [0.25, 0.3) is 32.6 Å². The molecule has 3 aromatic carbocycles. The van der Waals surface area contributed by atoms with Gasteiger partial charge in [-0.15, -0.1) is 0 Å². The standard InChI is InChI=1S/C20H19NO2/c1-2-3-10-21-19-12-15(23)6-9-17(19)18-7-4-13-11-14(22)5-8-16(13)20(18)21/h4-9,11-12,22-23H,2-3,10H2,1H3. The number of phenols is 2. The molecule has 0 saturated heterocycles. The zero-order valence-corrected chi connectivity index (χ0v) is 13.1. The monoisotopic (exact) mass is 305 g/mol. The van der Waals surface area contributed by atoms with Gasteiger partial charge in [0.15, 0.2) is 0 Å². The summed E-state index contributed by atoms with van der Waals surface area (Å²) in [6.07, 6.45) is 2.20. The van der Waals surface area contributed by atoms with Crippen LogP contribution in [0.4, 0.5) is 0 Å². The number of hydrogen-bond donors (Lipinski definition) is 2. The molecule has 3 nitrogen and oxygen atoms in total. The number of unbranched alkanes of at least 4 members (excludes halogenated alkanes) is 1. The number of aromatic hydroxyl groups is 2. The second-order valence-corrected chi connectivity index (χ2v) is 6.07. The molecule has 0 radical (unpaired) electrons. The highest BCUT2D eigenvalue weighted by molar-refractivity contribution is 6.17. The first-order valence-electron chi connectivity index (χ1n) is 8.05. The van der Waals surface area contributed by atoms with Gasteiger partial charge in [-0.3, -0.25) is 0 Å². The predicted molar refractivity (Wildman–Crippen MR) is 95.2 cm³/mol. The third kappa shape index (κ3) is 2.12. The Bertz CT molecular complexity index is 1030. The minimum absolute atomic E-state index is 0.283. The maximum absolute atomic E-state index is 9.91. The maximum atomic E-state index is 9.91. The zero-order chi connectivity index (χ0) is 16.0. The first kappa shape index (κ1) is 13.9. The summed E-state index contributed by atoms with van der Waals surface area (Å²) < 4.78 is 2.30. The van der Waals surface area contributed by atoms with Crippen molar-refractivity contribution in [2.24, 2.45) is 0 Å². The van der Waals surface area contributed by atoms with Gasteiger partial charge in [0.2, 0.25) is 0 Å². The normalized spacial score (nSPS) is 11.7. The Kier molecular flexibility index (Phi) is 3.15. The molecular weight excluding hydrogens is 286 g/mol. The lowest BCUT2D eigenvalue weighted by molar-refractivity contribution is 0.475. The number of aryl methyl sites for hydroxylation is 1. The number of phenolic OH excluding ortho intramolecular Hbond substituents is 2. The summed E-state index contributed by atoms with van der Waals surface area (Å²) >= 11 is 0. The van der Waals surface area contributed by atoms with E-state index in [1.165, 1.54) is 10.9 Å². The maximum Gasteiger partial charge on any atom is 0.117 e. The van der Waals surface area contributed by atoms with Crippen LogP contribution in [0.15, 0.2) is 48.5 Å². The molecule has 0 aliphatic carbocycles. The van der Waals surface area contributed by atoms with Crippen LogP contribution >= 0.6 is 0 Å². The Hall–Kier alpha value is -2.68. The third-order valence-electron chi connectivity index (χ3n) is 4.54. The average molecular weight is 305 g/mol. The van der Waals surface area contributed by atoms with E-state index in [0.717, 1.165) is 41.1 Å². The third-order valence-corrected chi connectivity index (χ3v) is 4.54. The van der Waals surface area contributed by atoms with E-state index >= 15 is 0 Å². The molecule has 4 aromatic rings. The van der Waals surface area contributed by atoms with Gasteiger partial charge in [0, 0.05) is 28.8 Å². The molecule has 3 heteroatoms. The highest BCUT2D eigenvalue weighted by Crippen LogP contribution is 2.36. The second kappa shape index (κ2) is 5.20. The summed E-state index contributed by atoms with van der Waals surface area (Å²) in [5.74, 6) is 0.575. The minimum Gasteiger partial charge on any atom is -0.508 e. The molecule has 2 N–H and O–H groups in total. The van der Waals surface area contributed by atoms with E-state index in [1.54, 1.807) is 18.2 Å². The van der Waals surface area contributed by atoms with Gasteiger partial charge in [-0.1, -0.05) is 25.5 Å². The van der Waals surface area contributed by atoms with Crippen molar-refractivity contribution in [1.82, 2.24) is 4.57 Å². The van der Waals surface area contributed by atoms with Gasteiger partial charge >= 0.3 is 0 Å². The molecule has 0 aliphatic heterocycles. The molecule has 23 heavy (non-hydrogen) atoms. The minimum atomic E-state index is 0.283. The van der Waals surface area contributed by atoms with Crippen LogP contribution in [-0.2, 0) is 6.54 Å². The Morgan fingerprint density at radius 2 is 1.52 bits per heavy atom. The van der Waals surface area contributed by atoms with E-state index in [9.17, 15) is 10.2 Å². The molecule has 0 fully saturated rings. The fourth-order valence-electron chi connectivity index (χ4n) is 3.45. The molecular formula is C20H19NO2. The van der Waals surface area contributed by atoms with Crippen molar-refractivity contribution in [3.63, 3.8) is 0 Å². The van der Waals surface area contributed by atoms with Crippen molar-refractivity contribution in [2.45, 2.75) is 26.3 Å². The van der Waals surface area contributed by atoms with E-state index in [4.69, 9.17) is 0 Å². The molecule has 1 heterocycles. The molecule has 0 amide bonds. The van der Waals surface area contributed by atoms with Gasteiger partial charge in [0.05, 0.1) is 11.0 Å². The molecule has 116 valence electrons. The molecule has 0 aliphatic rings. The quantitative estimate of drug-likeness (QED) is 0.549. The van der Waals surface area contributed by atoms with E-state index in [2.05, 4.69) is 17.6 Å². The van der Waals surface area contributed by atoms with Gasteiger partial charge in [0.1, 0.15) is 11.5 Å². The van der Waals surface area contributed by atoms with E-state index in [1.807, 2.05) is 24.3 Å². The number of benzene rings is 3. The lowest BCUT2D eigenvalue weighted by Gasteiger charge is -2.09. The van der Waals surface area contributed by atoms with E-state index < -0.39 is 0 Å². The molecule has 1 aromatic heterocycles. The van der Waals surface area contributed by atoms with Crippen LogP contribution in [0.3, 0.4) is 0 Å². The Balaban J connectivity index is 2.18. The van der Waals surface area contributed by atoms with Gasteiger partial charge < -0.3 is 14.8 Å². The average Bonchev–Trinajstić information content (AvgIpc) is 2.85. The molecule has 0 atom stereocenters. The number of fused-ring (bicyclic) bond motifs is 5. The van der Waals surface area contributed by atoms with Crippen LogP contribution in [0.5, 0.6) is 11.5 Å². The first-order valence-corrected chi connectivity index (χ1v) is 8.05. The summed E-state index contributed by atoms with van der Waals surface area (Å²) in [5.41, 5.74) is 2.24. The highest BCUT2D eigenvalue weighted by atomic mass is 16.3. The summed E-state index contributed by atoms with van der Waals surface area (Å²) in [6.45, 7) is 3.10. The smallest absolute Gasteiger partial charge is 0.117 e. The van der Waals surface area contributed by atoms with Crippen LogP contribution in [0.1, 0.15) is 19.8 Å². The van der Waals surface area contributed by atoms with Crippen LogP contribution < -0.4 is 0 Å². The van der Waals surface area contributed by atoms with Crippen molar-refractivity contribution in [3.05, 3.63) is 48.5 Å². The van der Waals surface area contributed by atoms with Crippen LogP contribution in [0.2, 0.25) is 0 Å². The molecule has 0 unspecified atom stereocenters. The summed E-state index contributed by atoms with van der Waals surface area (Å²) in [4.78, 5) is 0. The van der Waals surface area contributed by atoms with Gasteiger partial charge in [-0.05, 0) is 42.1 Å². The van der Waals surface area contributed by atoms with Crippen LogP contribution in [0, 0.1) is 0 Å². The first-order chi connectivity index (χ1) is 11.2. The summed E-state index contributed by atoms with van der Waals surface area (Å²) in [7, 11) is 0. The molecule has 4 rings (SSSR count). The molecule has 0 bridgehead atoms. The summed E-state index contributed by atoms with van der Waals surface area (Å²) in [5, 5.41) is 24.2. The van der Waals surface area contributed by atoms with Crippen molar-refractivity contribution < 1.29 is 10.2 Å². The second-order valence-electron chi connectivity index (χ2n) is 6.07. The van der Waals surface area contributed by atoms with Gasteiger partial charge in [-0.25, -0.2) is 0 Å². The lowest BCUT2D eigenvalue weighted by atomic mass is 10.1. The van der Waals surface area contributed by atoms with Crippen molar-refractivity contribution in [1.29, 1.82) is 0 Å². The van der Waals surface area contributed by atoms with Crippen molar-refractivity contribution in [2.75, 3.05) is 0 Å². The Morgan fingerprint density at radius 3 is 2.30 bits per heavy atom. The fourth-order valence-corrected chi connectivity index (χ4v) is 3.45. The van der Waals surface area contributed by atoms with Crippen molar-refractivity contribution in [3.8, 4) is 11.5 Å². The van der Waals surface area contributed by atoms with Crippen LogP contribution in [-0.4, -0.2) is 14.8 Å². The molecule has 0 spiro atoms. The Morgan fingerprint density at radius 1 is 0.826 bits per heavy atom. The largest absolute Gasteiger partial charge is 0.508 e. The number of nitrogens with zero attached hydrogens (tertiary/aromatic N) is 1. The highest BCUT2D eigenvalue weighted by Gasteiger charge is 2.14. The topological polar surface area (TPSA) is 45.4 Å². The fraction of sp³-hybridized carbons (Fsp3) is 0.200. The van der Waals surface area contributed by atoms with Crippen molar-refractivity contribution >= 4 is 32.6 Å². The van der Waals surface area contributed by atoms with E-state index in [-0.39, 0.29) is 5.75 Å². The molecule has 0 saturated carbocycles. The number of hydrogen-bond acceptors (Lipinski definition) is 2. The number of aromatic nitrogens is 1. The lowest BCUT2D eigenvalue weighted by Crippen LogP contribution is -1.97. The van der Waals surface area contributed by atoms with Gasteiger partial charge in [0.25, 0.3) is 0 Å². The Labute approximate surface area is 134 Å². The predicted octanol–water partition coefficient (Wildman–Crippen LogP) is 5.16. The SMILES string of the molecule is CCCCn1c2cc(O)ccc2c2ccc3cc(O)ccc3c21. The van der Waals surface area contributed by atoms with Gasteiger partial charge in [-0.2, -0.15) is 0 Å². The zero-order valence-electron chi connectivity index (χ0n) is 13.1.